The van der Waals surface area contributed by atoms with Gasteiger partial charge in [0.2, 0.25) is 5.91 Å². The lowest BCUT2D eigenvalue weighted by Crippen LogP contribution is -2.47. The molecular weight excluding hydrogens is 525 g/mol. The number of nitrogens with one attached hydrogen (secondary N) is 1. The van der Waals surface area contributed by atoms with E-state index in [4.69, 9.17) is 0 Å². The Morgan fingerprint density at radius 2 is 1.77 bits per heavy atom. The van der Waals surface area contributed by atoms with Gasteiger partial charge in [0.05, 0.1) is 17.8 Å². The molecule has 0 bridgehead atoms. The lowest BCUT2D eigenvalue weighted by Gasteiger charge is -2.41. The monoisotopic (exact) mass is 556 g/mol. The molecule has 12 heteroatoms. The Bertz CT molecular complexity index is 1420. The number of likely N-dealkylation sites (tertiary alicyclic amines) is 2. The van der Waals surface area contributed by atoms with Crippen molar-refractivity contribution in [2.45, 2.75) is 68.4 Å². The molecule has 2 amide bonds. The molecule has 0 unspecified atom stereocenters. The molecule has 212 valence electrons. The van der Waals surface area contributed by atoms with E-state index in [-0.39, 0.29) is 30.1 Å². The van der Waals surface area contributed by atoms with Crippen LogP contribution in [0.5, 0.6) is 0 Å². The van der Waals surface area contributed by atoms with Gasteiger partial charge in [-0.2, -0.15) is 18.3 Å². The Labute approximate surface area is 229 Å². The third kappa shape index (κ3) is 4.83. The van der Waals surface area contributed by atoms with Gasteiger partial charge in [0.1, 0.15) is 11.9 Å². The highest BCUT2D eigenvalue weighted by molar-refractivity contribution is 5.96. The maximum Gasteiger partial charge on any atom is 0.416 e. The van der Waals surface area contributed by atoms with E-state index < -0.39 is 23.2 Å². The zero-order chi connectivity index (χ0) is 28.1. The molecule has 3 aromatic rings. The zero-order valence-electron chi connectivity index (χ0n) is 21.8. The average molecular weight is 557 g/mol. The summed E-state index contributed by atoms with van der Waals surface area (Å²) in [7, 11) is 0. The molecule has 2 saturated heterocycles. The first-order valence-electron chi connectivity index (χ1n) is 13.7. The summed E-state index contributed by atoms with van der Waals surface area (Å²) in [5, 5.41) is 18.3. The van der Waals surface area contributed by atoms with Crippen molar-refractivity contribution >= 4 is 17.5 Å². The van der Waals surface area contributed by atoms with Gasteiger partial charge in [-0.05, 0) is 68.9 Å². The van der Waals surface area contributed by atoms with Gasteiger partial charge < -0.3 is 15.3 Å². The summed E-state index contributed by atoms with van der Waals surface area (Å²) in [6.45, 7) is 1.18. The first-order chi connectivity index (χ1) is 19.1. The second kappa shape index (κ2) is 10.2. The van der Waals surface area contributed by atoms with E-state index in [0.717, 1.165) is 50.1 Å². The van der Waals surface area contributed by atoms with Crippen LogP contribution in [0.15, 0.2) is 48.8 Å². The number of pyridine rings is 1. The normalized spacial score (nSPS) is 27.2. The number of nitrogens with zero attached hydrogens (tertiary/aromatic N) is 5. The minimum absolute atomic E-state index is 0.0441. The van der Waals surface area contributed by atoms with Crippen LogP contribution in [0.4, 0.5) is 13.2 Å². The van der Waals surface area contributed by atoms with Crippen LogP contribution >= 0.6 is 0 Å². The van der Waals surface area contributed by atoms with Gasteiger partial charge in [-0.3, -0.25) is 14.5 Å². The maximum absolute atomic E-state index is 13.0. The third-order valence-corrected chi connectivity index (χ3v) is 8.82. The number of rotatable bonds is 5. The average Bonchev–Trinajstić information content (AvgIpc) is 3.68. The number of benzene rings is 1. The fourth-order valence-electron chi connectivity index (χ4n) is 6.84. The summed E-state index contributed by atoms with van der Waals surface area (Å²) >= 11 is 0. The van der Waals surface area contributed by atoms with Crippen LogP contribution in [0.3, 0.4) is 0 Å². The van der Waals surface area contributed by atoms with Crippen LogP contribution < -0.4 is 5.32 Å². The first-order valence-corrected chi connectivity index (χ1v) is 13.7. The number of hydrogen-bond donors (Lipinski definition) is 2. The Hall–Kier alpha value is -3.51. The highest BCUT2D eigenvalue weighted by atomic mass is 19.4. The highest BCUT2D eigenvalue weighted by Crippen LogP contribution is 2.42. The molecule has 3 fully saturated rings. The summed E-state index contributed by atoms with van der Waals surface area (Å²) < 4.78 is 40.7. The predicted molar refractivity (Wildman–Crippen MR) is 138 cm³/mol. The van der Waals surface area contributed by atoms with E-state index in [2.05, 4.69) is 20.3 Å². The fraction of sp³-hybridized carbons (Fsp3) is 0.500. The first kappa shape index (κ1) is 26.7. The zero-order valence-corrected chi connectivity index (χ0v) is 21.8. The molecule has 2 N–H and O–H groups in total. The number of fused-ring (bicyclic) bond motifs is 2. The topological polar surface area (TPSA) is 103 Å². The van der Waals surface area contributed by atoms with Crippen molar-refractivity contribution in [2.75, 3.05) is 19.6 Å². The van der Waals surface area contributed by atoms with Crippen LogP contribution in [0.25, 0.3) is 5.65 Å². The van der Waals surface area contributed by atoms with Crippen LogP contribution in [0.2, 0.25) is 0 Å². The van der Waals surface area contributed by atoms with Crippen molar-refractivity contribution in [3.63, 3.8) is 0 Å². The number of halogens is 3. The lowest BCUT2D eigenvalue weighted by atomic mass is 9.79. The number of hydrogen-bond acceptors (Lipinski definition) is 6. The second-order valence-electron chi connectivity index (χ2n) is 11.0. The van der Waals surface area contributed by atoms with Crippen molar-refractivity contribution in [1.82, 2.24) is 29.7 Å². The van der Waals surface area contributed by atoms with Crippen LogP contribution in [0.1, 0.15) is 60.1 Å². The van der Waals surface area contributed by atoms with Gasteiger partial charge in [0, 0.05) is 36.8 Å². The van der Waals surface area contributed by atoms with Gasteiger partial charge in [-0.15, -0.1) is 0 Å². The quantitative estimate of drug-likeness (QED) is 0.501. The van der Waals surface area contributed by atoms with E-state index >= 15 is 0 Å². The highest BCUT2D eigenvalue weighted by Gasteiger charge is 2.48. The molecule has 1 saturated carbocycles. The molecule has 1 aromatic carbocycles. The molecule has 2 atom stereocenters. The van der Waals surface area contributed by atoms with Gasteiger partial charge in [-0.25, -0.2) is 9.50 Å². The SMILES string of the molecule is O=C(NCC(=O)N1CC[C@H]2[C@@H]1CCN2C1CCC(O)(c2cccc3ncnn23)CC1)c1cccc(C(F)(F)F)c1. The van der Waals surface area contributed by atoms with Crippen LogP contribution in [0, 0.1) is 0 Å². The van der Waals surface area contributed by atoms with Crippen molar-refractivity contribution in [2.24, 2.45) is 0 Å². The molecule has 0 radical (unpaired) electrons. The number of carbonyl (C=O) groups excluding carboxylic acids is 2. The van der Waals surface area contributed by atoms with Gasteiger partial charge >= 0.3 is 6.18 Å². The molecule has 2 aliphatic heterocycles. The maximum atomic E-state index is 13.0. The van der Waals surface area contributed by atoms with Crippen molar-refractivity contribution in [3.8, 4) is 0 Å². The standard InChI is InChI=1S/C28H31F3N6O3/c29-28(30,31)19-4-1-3-18(15-19)26(39)32-16-25(38)36-14-10-21-22(36)9-13-35(21)20-7-11-27(40,12-8-20)23-5-2-6-24-33-17-34-37(23)24/h1-6,15,17,20-22,40H,7-14,16H2,(H,32,39)/t20?,21-,22-,27?/m0/s1. The fourth-order valence-corrected chi connectivity index (χ4v) is 6.84. The largest absolute Gasteiger partial charge is 0.416 e. The Morgan fingerprint density at radius 3 is 2.55 bits per heavy atom. The van der Waals surface area contributed by atoms with E-state index in [0.29, 0.717) is 31.1 Å². The smallest absolute Gasteiger partial charge is 0.384 e. The molecule has 4 heterocycles. The van der Waals surface area contributed by atoms with E-state index in [9.17, 15) is 27.9 Å². The summed E-state index contributed by atoms with van der Waals surface area (Å²) in [4.78, 5) is 34.0. The molecule has 2 aromatic heterocycles. The minimum atomic E-state index is -4.55. The molecule has 40 heavy (non-hydrogen) atoms. The Balaban J connectivity index is 1.04. The molecule has 9 nitrogen and oxygen atoms in total. The van der Waals surface area contributed by atoms with Gasteiger partial charge in [0.25, 0.3) is 5.91 Å². The Morgan fingerprint density at radius 1 is 1.02 bits per heavy atom. The van der Waals surface area contributed by atoms with Gasteiger partial charge in [0.15, 0.2) is 5.65 Å². The number of aromatic nitrogens is 3. The van der Waals surface area contributed by atoms with Crippen molar-refractivity contribution in [3.05, 3.63) is 65.6 Å². The molecule has 1 aliphatic carbocycles. The number of aliphatic hydroxyl groups is 1. The van der Waals surface area contributed by atoms with Crippen LogP contribution in [-0.2, 0) is 16.6 Å². The predicted octanol–water partition coefficient (Wildman–Crippen LogP) is 2.98. The van der Waals surface area contributed by atoms with Crippen molar-refractivity contribution in [1.29, 1.82) is 0 Å². The van der Waals surface area contributed by atoms with E-state index in [1.165, 1.54) is 18.5 Å². The third-order valence-electron chi connectivity index (χ3n) is 8.82. The number of alkyl halides is 3. The number of carbonyl (C=O) groups is 2. The Kier molecular flexibility index (Phi) is 6.78. The van der Waals surface area contributed by atoms with Crippen LogP contribution in [-0.4, -0.2) is 79.1 Å². The van der Waals surface area contributed by atoms with E-state index in [1.54, 1.807) is 4.52 Å². The molecule has 6 rings (SSSR count). The summed E-state index contributed by atoms with van der Waals surface area (Å²) in [5.74, 6) is -0.937. The lowest BCUT2D eigenvalue weighted by molar-refractivity contribution is -0.137. The number of amides is 2. The minimum Gasteiger partial charge on any atom is -0.384 e. The molecular formula is C28H31F3N6O3. The molecule has 3 aliphatic rings. The molecule has 0 spiro atoms. The van der Waals surface area contributed by atoms with Gasteiger partial charge in [-0.1, -0.05) is 12.1 Å². The van der Waals surface area contributed by atoms with Crippen molar-refractivity contribution < 1.29 is 27.9 Å². The summed E-state index contributed by atoms with van der Waals surface area (Å²) in [6, 6.07) is 10.4. The summed E-state index contributed by atoms with van der Waals surface area (Å²) in [6.07, 6.45) is 1.46. The van der Waals surface area contributed by atoms with E-state index in [1.807, 2.05) is 23.1 Å². The second-order valence-corrected chi connectivity index (χ2v) is 11.0. The summed E-state index contributed by atoms with van der Waals surface area (Å²) in [5.41, 5.74) is -0.553.